The second-order valence-corrected chi connectivity index (χ2v) is 5.54. The second kappa shape index (κ2) is 4.66. The standard InChI is InChI=1S/C13H14BrFO/c1-8-2-3-9(7-12(8)15)6-11(14)13(16)10-4-5-10/h2-3,7,10-11H,4-6H2,1H3. The smallest absolute Gasteiger partial charge is 0.149 e. The van der Waals surface area contributed by atoms with E-state index in [4.69, 9.17) is 0 Å². The Morgan fingerprint density at radius 2 is 2.25 bits per heavy atom. The normalized spacial score (nSPS) is 17.2. The molecule has 16 heavy (non-hydrogen) atoms. The van der Waals surface area contributed by atoms with Crippen LogP contribution in [-0.2, 0) is 11.2 Å². The third-order valence-electron chi connectivity index (χ3n) is 2.94. The highest BCUT2D eigenvalue weighted by Gasteiger charge is 2.33. The summed E-state index contributed by atoms with van der Waals surface area (Å²) in [7, 11) is 0. The molecule has 1 aromatic rings. The minimum absolute atomic E-state index is 0.165. The predicted octanol–water partition coefficient (Wildman–Crippen LogP) is 3.42. The number of rotatable bonds is 4. The number of carbonyl (C=O) groups is 1. The Balaban J connectivity index is 2.02. The third-order valence-corrected chi connectivity index (χ3v) is 3.71. The molecule has 1 saturated carbocycles. The van der Waals surface area contributed by atoms with Gasteiger partial charge in [-0.25, -0.2) is 4.39 Å². The van der Waals surface area contributed by atoms with Gasteiger partial charge in [0.15, 0.2) is 0 Å². The average Bonchev–Trinajstić information content (AvgIpc) is 3.06. The Morgan fingerprint density at radius 3 is 2.81 bits per heavy atom. The molecule has 2 rings (SSSR count). The van der Waals surface area contributed by atoms with E-state index in [2.05, 4.69) is 15.9 Å². The Morgan fingerprint density at radius 1 is 1.56 bits per heavy atom. The summed E-state index contributed by atoms with van der Waals surface area (Å²) in [5, 5.41) is 0. The fourth-order valence-electron chi connectivity index (χ4n) is 1.69. The SMILES string of the molecule is Cc1ccc(CC(Br)C(=O)C2CC2)cc1F. The van der Waals surface area contributed by atoms with E-state index in [1.807, 2.05) is 6.07 Å². The van der Waals surface area contributed by atoms with Crippen LogP contribution in [0.1, 0.15) is 24.0 Å². The fraction of sp³-hybridized carbons (Fsp3) is 0.462. The van der Waals surface area contributed by atoms with Crippen LogP contribution in [0.25, 0.3) is 0 Å². The van der Waals surface area contributed by atoms with Gasteiger partial charge in [-0.3, -0.25) is 4.79 Å². The molecule has 0 saturated heterocycles. The van der Waals surface area contributed by atoms with E-state index in [1.165, 1.54) is 6.07 Å². The number of benzene rings is 1. The van der Waals surface area contributed by atoms with E-state index >= 15 is 0 Å². The number of hydrogen-bond acceptors (Lipinski definition) is 1. The molecule has 0 bridgehead atoms. The van der Waals surface area contributed by atoms with Gasteiger partial charge in [-0.2, -0.15) is 0 Å². The molecule has 1 fully saturated rings. The minimum Gasteiger partial charge on any atom is -0.298 e. The highest BCUT2D eigenvalue weighted by Crippen LogP contribution is 2.33. The van der Waals surface area contributed by atoms with Crippen molar-refractivity contribution in [2.75, 3.05) is 0 Å². The molecule has 0 amide bonds. The Bertz CT molecular complexity index is 412. The Hall–Kier alpha value is -0.700. The van der Waals surface area contributed by atoms with Crippen LogP contribution in [0.5, 0.6) is 0 Å². The van der Waals surface area contributed by atoms with Crippen LogP contribution in [0.3, 0.4) is 0 Å². The van der Waals surface area contributed by atoms with Gasteiger partial charge in [-0.15, -0.1) is 0 Å². The van der Waals surface area contributed by atoms with Crippen molar-refractivity contribution in [2.45, 2.75) is 31.0 Å². The van der Waals surface area contributed by atoms with Gasteiger partial charge in [0.1, 0.15) is 11.6 Å². The molecule has 1 aromatic carbocycles. The number of ketones is 1. The summed E-state index contributed by atoms with van der Waals surface area (Å²) < 4.78 is 13.3. The summed E-state index contributed by atoms with van der Waals surface area (Å²) in [5.74, 6) is 0.316. The molecule has 3 heteroatoms. The van der Waals surface area contributed by atoms with Gasteiger partial charge in [0, 0.05) is 5.92 Å². The summed E-state index contributed by atoms with van der Waals surface area (Å²) >= 11 is 3.39. The van der Waals surface area contributed by atoms with Gasteiger partial charge >= 0.3 is 0 Å². The zero-order valence-electron chi connectivity index (χ0n) is 9.17. The number of alkyl halides is 1. The molecular formula is C13H14BrFO. The van der Waals surface area contributed by atoms with Crippen LogP contribution >= 0.6 is 15.9 Å². The molecule has 1 atom stereocenters. The Kier molecular flexibility index (Phi) is 3.43. The summed E-state index contributed by atoms with van der Waals surface area (Å²) in [4.78, 5) is 11.6. The summed E-state index contributed by atoms with van der Waals surface area (Å²) in [5.41, 5.74) is 1.52. The molecule has 0 radical (unpaired) electrons. The van der Waals surface area contributed by atoms with Gasteiger partial charge in [0.25, 0.3) is 0 Å². The lowest BCUT2D eigenvalue weighted by atomic mass is 10.0. The van der Waals surface area contributed by atoms with Gasteiger partial charge in [-0.05, 0) is 43.4 Å². The molecular weight excluding hydrogens is 271 g/mol. The molecule has 0 aliphatic heterocycles. The third kappa shape index (κ3) is 2.70. The van der Waals surface area contributed by atoms with E-state index < -0.39 is 0 Å². The number of aryl methyl sites for hydroxylation is 1. The average molecular weight is 285 g/mol. The maximum atomic E-state index is 13.3. The van der Waals surface area contributed by atoms with E-state index in [0.29, 0.717) is 12.0 Å². The summed E-state index contributed by atoms with van der Waals surface area (Å²) in [6.07, 6.45) is 2.61. The number of carbonyl (C=O) groups excluding carboxylic acids is 1. The van der Waals surface area contributed by atoms with E-state index in [-0.39, 0.29) is 22.3 Å². The molecule has 1 unspecified atom stereocenters. The van der Waals surface area contributed by atoms with E-state index in [0.717, 1.165) is 18.4 Å². The molecule has 0 heterocycles. The number of Topliss-reactive ketones (excluding diaryl/α,β-unsaturated/α-hetero) is 1. The second-order valence-electron chi connectivity index (χ2n) is 4.43. The van der Waals surface area contributed by atoms with Crippen LogP contribution in [0, 0.1) is 18.7 Å². The molecule has 86 valence electrons. The fourth-order valence-corrected chi connectivity index (χ4v) is 2.44. The first kappa shape index (κ1) is 11.8. The van der Waals surface area contributed by atoms with Crippen LogP contribution in [0.4, 0.5) is 4.39 Å². The van der Waals surface area contributed by atoms with Crippen LogP contribution in [0.15, 0.2) is 18.2 Å². The van der Waals surface area contributed by atoms with Crippen molar-refractivity contribution >= 4 is 21.7 Å². The number of halogens is 2. The van der Waals surface area contributed by atoms with Crippen molar-refractivity contribution in [2.24, 2.45) is 5.92 Å². The lowest BCUT2D eigenvalue weighted by Gasteiger charge is -2.08. The molecule has 0 N–H and O–H groups in total. The molecule has 0 aromatic heterocycles. The van der Waals surface area contributed by atoms with Gasteiger partial charge in [0.05, 0.1) is 4.83 Å². The van der Waals surface area contributed by atoms with Crippen LogP contribution in [-0.4, -0.2) is 10.6 Å². The predicted molar refractivity (Wildman–Crippen MR) is 65.3 cm³/mol. The first-order chi connectivity index (χ1) is 7.58. The Labute approximate surface area is 103 Å². The molecule has 1 nitrogen and oxygen atoms in total. The first-order valence-electron chi connectivity index (χ1n) is 5.51. The highest BCUT2D eigenvalue weighted by molar-refractivity contribution is 9.10. The van der Waals surface area contributed by atoms with E-state index in [1.54, 1.807) is 13.0 Å². The van der Waals surface area contributed by atoms with Gasteiger partial charge < -0.3 is 0 Å². The summed E-state index contributed by atoms with van der Waals surface area (Å²) in [6.45, 7) is 1.74. The minimum atomic E-state index is -0.198. The van der Waals surface area contributed by atoms with Crippen molar-refractivity contribution in [3.05, 3.63) is 35.1 Å². The van der Waals surface area contributed by atoms with Gasteiger partial charge in [0.2, 0.25) is 0 Å². The molecule has 0 spiro atoms. The summed E-state index contributed by atoms with van der Waals surface area (Å²) in [6, 6.07) is 5.16. The first-order valence-corrected chi connectivity index (χ1v) is 6.42. The lowest BCUT2D eigenvalue weighted by molar-refractivity contribution is -0.119. The van der Waals surface area contributed by atoms with Crippen molar-refractivity contribution in [1.82, 2.24) is 0 Å². The van der Waals surface area contributed by atoms with Gasteiger partial charge in [-0.1, -0.05) is 28.1 Å². The topological polar surface area (TPSA) is 17.1 Å². The molecule has 1 aliphatic carbocycles. The van der Waals surface area contributed by atoms with E-state index in [9.17, 15) is 9.18 Å². The monoisotopic (exact) mass is 284 g/mol. The quantitative estimate of drug-likeness (QED) is 0.775. The number of hydrogen-bond donors (Lipinski definition) is 0. The molecule has 1 aliphatic rings. The van der Waals surface area contributed by atoms with Crippen molar-refractivity contribution in [3.63, 3.8) is 0 Å². The van der Waals surface area contributed by atoms with Crippen molar-refractivity contribution < 1.29 is 9.18 Å². The lowest BCUT2D eigenvalue weighted by Crippen LogP contribution is -2.18. The van der Waals surface area contributed by atoms with Crippen LogP contribution < -0.4 is 0 Å². The van der Waals surface area contributed by atoms with Crippen molar-refractivity contribution in [3.8, 4) is 0 Å². The zero-order chi connectivity index (χ0) is 11.7. The zero-order valence-corrected chi connectivity index (χ0v) is 10.8. The maximum absolute atomic E-state index is 13.3. The maximum Gasteiger partial charge on any atom is 0.149 e. The largest absolute Gasteiger partial charge is 0.298 e. The highest BCUT2D eigenvalue weighted by atomic mass is 79.9. The van der Waals surface area contributed by atoms with Crippen LogP contribution in [0.2, 0.25) is 0 Å². The van der Waals surface area contributed by atoms with Crippen molar-refractivity contribution in [1.29, 1.82) is 0 Å².